The molecule has 1 aliphatic rings. The highest BCUT2D eigenvalue weighted by molar-refractivity contribution is 7.85. The molecular formula is C25H36O4SSi. The van der Waals surface area contributed by atoms with Gasteiger partial charge in [-0.05, 0) is 46.5 Å². The van der Waals surface area contributed by atoms with Gasteiger partial charge in [-0.2, -0.15) is 8.42 Å². The molecule has 1 saturated carbocycles. The lowest BCUT2D eigenvalue weighted by atomic mass is 9.81. The van der Waals surface area contributed by atoms with E-state index in [2.05, 4.69) is 88.4 Å². The molecule has 3 atom stereocenters. The van der Waals surface area contributed by atoms with Crippen LogP contribution in [0.4, 0.5) is 0 Å². The van der Waals surface area contributed by atoms with Crippen molar-refractivity contribution < 1.29 is 17.0 Å². The van der Waals surface area contributed by atoms with Crippen LogP contribution in [0.25, 0.3) is 0 Å². The standard InChI is InChI=1S/C25H36O4SSi/c1-20-18-21(19-28-30(5,26)27)16-17-24(20)29-31(25(2,3)4,22-12-8-6-9-13-22)23-14-10-7-11-15-23/h6-15,20-21,24H,16-19H2,1-5H3/t20-,21+,24-/m1/s1. The van der Waals surface area contributed by atoms with E-state index in [1.165, 1.54) is 10.4 Å². The van der Waals surface area contributed by atoms with Crippen LogP contribution in [0.15, 0.2) is 60.7 Å². The average Bonchev–Trinajstić information content (AvgIpc) is 2.71. The Morgan fingerprint density at radius 2 is 1.45 bits per heavy atom. The zero-order valence-electron chi connectivity index (χ0n) is 19.4. The van der Waals surface area contributed by atoms with Gasteiger partial charge in [-0.1, -0.05) is 88.4 Å². The highest BCUT2D eigenvalue weighted by Crippen LogP contribution is 2.41. The van der Waals surface area contributed by atoms with Gasteiger partial charge in [0.05, 0.1) is 12.9 Å². The maximum atomic E-state index is 11.4. The summed E-state index contributed by atoms with van der Waals surface area (Å²) in [4.78, 5) is 0. The minimum Gasteiger partial charge on any atom is -0.404 e. The van der Waals surface area contributed by atoms with E-state index in [1.54, 1.807) is 0 Å². The topological polar surface area (TPSA) is 52.6 Å². The van der Waals surface area contributed by atoms with Crippen molar-refractivity contribution in [1.29, 1.82) is 0 Å². The van der Waals surface area contributed by atoms with Gasteiger partial charge < -0.3 is 4.43 Å². The normalized spacial score (nSPS) is 22.9. The molecular weight excluding hydrogens is 424 g/mol. The van der Waals surface area contributed by atoms with Crippen molar-refractivity contribution in [1.82, 2.24) is 0 Å². The van der Waals surface area contributed by atoms with Crippen LogP contribution in [0.3, 0.4) is 0 Å². The Morgan fingerprint density at radius 3 is 1.87 bits per heavy atom. The molecule has 1 fully saturated rings. The highest BCUT2D eigenvalue weighted by Gasteiger charge is 2.52. The van der Waals surface area contributed by atoms with Crippen LogP contribution in [0.5, 0.6) is 0 Å². The molecule has 0 spiro atoms. The van der Waals surface area contributed by atoms with E-state index in [-0.39, 0.29) is 23.7 Å². The number of hydrogen-bond acceptors (Lipinski definition) is 4. The van der Waals surface area contributed by atoms with Gasteiger partial charge in [0.2, 0.25) is 0 Å². The summed E-state index contributed by atoms with van der Waals surface area (Å²) < 4.78 is 35.2. The second kappa shape index (κ2) is 9.57. The fourth-order valence-corrected chi connectivity index (χ4v) is 10.2. The molecule has 0 heterocycles. The van der Waals surface area contributed by atoms with Crippen molar-refractivity contribution in [3.8, 4) is 0 Å². The van der Waals surface area contributed by atoms with E-state index in [1.807, 2.05) is 0 Å². The van der Waals surface area contributed by atoms with Crippen LogP contribution >= 0.6 is 0 Å². The van der Waals surface area contributed by atoms with Gasteiger partial charge in [0.1, 0.15) is 0 Å². The summed E-state index contributed by atoms with van der Waals surface area (Å²) in [7, 11) is -5.98. The Labute approximate surface area is 189 Å². The molecule has 6 heteroatoms. The predicted molar refractivity (Wildman–Crippen MR) is 130 cm³/mol. The molecule has 0 aliphatic heterocycles. The fourth-order valence-electron chi connectivity index (χ4n) is 4.94. The Hall–Kier alpha value is -1.47. The van der Waals surface area contributed by atoms with Gasteiger partial charge in [0.25, 0.3) is 18.4 Å². The lowest BCUT2D eigenvalue weighted by Crippen LogP contribution is -2.68. The first kappa shape index (κ1) is 24.2. The molecule has 0 aromatic heterocycles. The molecule has 0 amide bonds. The van der Waals surface area contributed by atoms with Crippen molar-refractivity contribution in [2.75, 3.05) is 12.9 Å². The molecule has 31 heavy (non-hydrogen) atoms. The first-order valence-electron chi connectivity index (χ1n) is 11.2. The fraction of sp³-hybridized carbons (Fsp3) is 0.520. The second-order valence-electron chi connectivity index (χ2n) is 9.96. The third-order valence-corrected chi connectivity index (χ3v) is 12.1. The van der Waals surface area contributed by atoms with E-state index >= 15 is 0 Å². The van der Waals surface area contributed by atoms with Crippen LogP contribution in [-0.2, 0) is 18.7 Å². The van der Waals surface area contributed by atoms with E-state index in [0.29, 0.717) is 5.92 Å². The van der Waals surface area contributed by atoms with Crippen LogP contribution in [0.1, 0.15) is 47.0 Å². The molecule has 0 saturated heterocycles. The Morgan fingerprint density at radius 1 is 0.935 bits per heavy atom. The van der Waals surface area contributed by atoms with Crippen LogP contribution in [-0.4, -0.2) is 35.7 Å². The summed E-state index contributed by atoms with van der Waals surface area (Å²) in [5, 5.41) is 2.54. The SMILES string of the molecule is C[C@@H]1C[C@@H](COS(C)(=O)=O)CC[C@H]1O[Si](c1ccccc1)(c1ccccc1)C(C)(C)C. The second-order valence-corrected chi connectivity index (χ2v) is 15.9. The highest BCUT2D eigenvalue weighted by atomic mass is 32.2. The molecule has 0 N–H and O–H groups in total. The first-order valence-corrected chi connectivity index (χ1v) is 14.9. The molecule has 1 aliphatic carbocycles. The van der Waals surface area contributed by atoms with Gasteiger partial charge in [0, 0.05) is 6.10 Å². The third kappa shape index (κ3) is 5.67. The van der Waals surface area contributed by atoms with E-state index in [9.17, 15) is 8.42 Å². The maximum absolute atomic E-state index is 11.4. The smallest absolute Gasteiger partial charge is 0.264 e. The summed E-state index contributed by atoms with van der Waals surface area (Å²) in [5.74, 6) is 0.590. The van der Waals surface area contributed by atoms with Crippen molar-refractivity contribution in [2.45, 2.75) is 58.1 Å². The van der Waals surface area contributed by atoms with Crippen molar-refractivity contribution in [2.24, 2.45) is 11.8 Å². The van der Waals surface area contributed by atoms with Crippen molar-refractivity contribution in [3.63, 3.8) is 0 Å². The predicted octanol–water partition coefficient (Wildman–Crippen LogP) is 4.34. The molecule has 4 nitrogen and oxygen atoms in total. The first-order chi connectivity index (χ1) is 14.5. The molecule has 0 radical (unpaired) electrons. The zero-order chi connectivity index (χ0) is 22.7. The number of rotatable bonds is 7. The quantitative estimate of drug-likeness (QED) is 0.455. The Balaban J connectivity index is 1.92. The average molecular weight is 461 g/mol. The number of benzene rings is 2. The van der Waals surface area contributed by atoms with E-state index < -0.39 is 18.4 Å². The molecule has 2 aromatic rings. The van der Waals surface area contributed by atoms with Crippen LogP contribution in [0.2, 0.25) is 5.04 Å². The minimum absolute atomic E-state index is 0.0499. The van der Waals surface area contributed by atoms with Gasteiger partial charge in [-0.3, -0.25) is 4.18 Å². The lowest BCUT2D eigenvalue weighted by Gasteiger charge is -2.47. The maximum Gasteiger partial charge on any atom is 0.264 e. The molecule has 3 rings (SSSR count). The van der Waals surface area contributed by atoms with Crippen LogP contribution < -0.4 is 10.4 Å². The lowest BCUT2D eigenvalue weighted by molar-refractivity contribution is 0.0568. The minimum atomic E-state index is -3.40. The van der Waals surface area contributed by atoms with Crippen molar-refractivity contribution >= 4 is 28.8 Å². The van der Waals surface area contributed by atoms with Gasteiger partial charge >= 0.3 is 0 Å². The van der Waals surface area contributed by atoms with E-state index in [4.69, 9.17) is 8.61 Å². The molecule has 2 aromatic carbocycles. The third-order valence-electron chi connectivity index (χ3n) is 6.46. The number of hydrogen-bond donors (Lipinski definition) is 0. The zero-order valence-corrected chi connectivity index (χ0v) is 21.2. The summed E-state index contributed by atoms with van der Waals surface area (Å²) in [5.41, 5.74) is 0. The summed E-state index contributed by atoms with van der Waals surface area (Å²) in [6.45, 7) is 9.41. The van der Waals surface area contributed by atoms with Gasteiger partial charge in [-0.25, -0.2) is 0 Å². The Bertz CT molecular complexity index is 899. The summed E-state index contributed by atoms with van der Waals surface area (Å²) in [6.07, 6.45) is 4.01. The molecule has 0 unspecified atom stereocenters. The van der Waals surface area contributed by atoms with Gasteiger partial charge in [-0.15, -0.1) is 0 Å². The van der Waals surface area contributed by atoms with E-state index in [0.717, 1.165) is 25.5 Å². The summed E-state index contributed by atoms with van der Waals surface area (Å²) >= 11 is 0. The van der Waals surface area contributed by atoms with Gasteiger partial charge in [0.15, 0.2) is 0 Å². The van der Waals surface area contributed by atoms with Crippen molar-refractivity contribution in [3.05, 3.63) is 60.7 Å². The largest absolute Gasteiger partial charge is 0.404 e. The molecule has 0 bridgehead atoms. The monoisotopic (exact) mass is 460 g/mol. The summed E-state index contributed by atoms with van der Waals surface area (Å²) in [6, 6.07) is 21.5. The van der Waals surface area contributed by atoms with Crippen LogP contribution in [0, 0.1) is 11.8 Å². The Kier molecular flexibility index (Phi) is 7.46. The molecule has 170 valence electrons.